The molecule has 7 heteroatoms. The molecule has 0 heterocycles. The second kappa shape index (κ2) is 9.34. The number of fused-ring (bicyclic) bond motifs is 3. The summed E-state index contributed by atoms with van der Waals surface area (Å²) in [5.74, 6) is 1.77. The Morgan fingerprint density at radius 2 is 1.86 bits per heavy atom. The predicted molar refractivity (Wildman–Crippen MR) is 118 cm³/mol. The van der Waals surface area contributed by atoms with Gasteiger partial charge in [-0.15, -0.1) is 0 Å². The summed E-state index contributed by atoms with van der Waals surface area (Å²) in [5, 5.41) is 3.11. The van der Waals surface area contributed by atoms with Gasteiger partial charge in [-0.2, -0.15) is 0 Å². The van der Waals surface area contributed by atoms with Crippen LogP contribution in [0.5, 0.6) is 17.2 Å². The van der Waals surface area contributed by atoms with Crippen molar-refractivity contribution in [1.29, 1.82) is 0 Å². The van der Waals surface area contributed by atoms with Crippen molar-refractivity contribution >= 4 is 42.7 Å². The number of nitrogens with one attached hydrogen (secondary N) is 1. The zero-order valence-corrected chi connectivity index (χ0v) is 20.4. The van der Waals surface area contributed by atoms with Gasteiger partial charge >= 0.3 is 187 Å². The van der Waals surface area contributed by atoms with Crippen molar-refractivity contribution < 1.29 is 19.0 Å². The Labute approximate surface area is 186 Å². The first kappa shape index (κ1) is 21.9. The van der Waals surface area contributed by atoms with Crippen molar-refractivity contribution in [3.05, 3.63) is 39.9 Å². The molecule has 0 aliphatic heterocycles. The average molecular weight is 527 g/mol. The van der Waals surface area contributed by atoms with Crippen LogP contribution in [-0.2, 0) is 11.2 Å². The Morgan fingerprint density at radius 1 is 1.14 bits per heavy atom. The maximum atomic E-state index is 11.9. The number of rotatable bonds is 5. The first-order valence-corrected chi connectivity index (χ1v) is 13.2. The molecule has 3 rings (SSSR count). The number of hydrogen-bond acceptors (Lipinski definition) is 5. The van der Waals surface area contributed by atoms with E-state index in [4.69, 9.17) is 26.4 Å². The van der Waals surface area contributed by atoms with Crippen LogP contribution in [0, 0.1) is 4.51 Å². The summed E-state index contributed by atoms with van der Waals surface area (Å²) in [5.41, 5.74) is 4.09. The molecule has 1 unspecified atom stereocenters. The normalized spacial score (nSPS) is 14.9. The molecule has 29 heavy (non-hydrogen) atoms. The topological polar surface area (TPSA) is 56.8 Å². The van der Waals surface area contributed by atoms with E-state index in [1.165, 1.54) is 3.61 Å². The molecule has 0 saturated heterocycles. The number of ether oxygens (including phenoxy) is 3. The second-order valence-corrected chi connectivity index (χ2v) is 9.61. The fourth-order valence-corrected chi connectivity index (χ4v) is 5.94. The van der Waals surface area contributed by atoms with Crippen molar-refractivity contribution in [3.8, 4) is 28.4 Å². The molecule has 1 aliphatic rings. The zero-order valence-electron chi connectivity index (χ0n) is 17.3. The SMILES string of the molecule is COc1cc2c(c(OC)c1OC)-c1ccc([Te]C)c(=S)cc1C(NC(C)=O)CC2. The minimum absolute atomic E-state index is 0.0593. The van der Waals surface area contributed by atoms with E-state index in [-0.39, 0.29) is 32.9 Å². The molecule has 0 bridgehead atoms. The van der Waals surface area contributed by atoms with Gasteiger partial charge in [-0.25, -0.2) is 0 Å². The Hall–Kier alpha value is -1.81. The molecule has 1 N–H and O–H groups in total. The molecule has 1 atom stereocenters. The van der Waals surface area contributed by atoms with Gasteiger partial charge in [0.2, 0.25) is 0 Å². The maximum absolute atomic E-state index is 11.9. The Kier molecular flexibility index (Phi) is 7.05. The standard InChI is InChI=1S/C22H25NO4STe/c1-12(24)23-16-8-6-13-10-17(25-2)21(26-3)22(27-4)20(13)14-7-9-19(29-5)18(28)11-15(14)16/h7,9-11,16H,6,8H2,1-5H3,(H,23,24). The van der Waals surface area contributed by atoms with Crippen LogP contribution in [0.1, 0.15) is 30.5 Å². The monoisotopic (exact) mass is 529 g/mol. The van der Waals surface area contributed by atoms with E-state index in [0.717, 1.165) is 39.6 Å². The third-order valence-corrected chi connectivity index (χ3v) is 8.11. The van der Waals surface area contributed by atoms with Gasteiger partial charge in [0, 0.05) is 0 Å². The number of methoxy groups -OCH3 is 3. The van der Waals surface area contributed by atoms with E-state index in [9.17, 15) is 4.79 Å². The number of carbonyl (C=O) groups is 1. The van der Waals surface area contributed by atoms with Gasteiger partial charge in [0.1, 0.15) is 0 Å². The van der Waals surface area contributed by atoms with Gasteiger partial charge in [0.25, 0.3) is 0 Å². The van der Waals surface area contributed by atoms with Crippen molar-refractivity contribution in [2.45, 2.75) is 30.8 Å². The van der Waals surface area contributed by atoms with E-state index in [1.54, 1.807) is 28.3 Å². The molecule has 0 saturated carbocycles. The minimum atomic E-state index is -0.353. The molecule has 0 spiro atoms. The van der Waals surface area contributed by atoms with Gasteiger partial charge in [-0.1, -0.05) is 0 Å². The van der Waals surface area contributed by atoms with Crippen LogP contribution in [0.25, 0.3) is 11.1 Å². The molecule has 5 nitrogen and oxygen atoms in total. The van der Waals surface area contributed by atoms with Crippen molar-refractivity contribution in [2.24, 2.45) is 0 Å². The number of amides is 1. The van der Waals surface area contributed by atoms with Gasteiger partial charge in [-0.3, -0.25) is 0 Å². The van der Waals surface area contributed by atoms with Crippen LogP contribution in [-0.4, -0.2) is 48.2 Å². The van der Waals surface area contributed by atoms with E-state index in [2.05, 4.69) is 28.5 Å². The van der Waals surface area contributed by atoms with Crippen molar-refractivity contribution in [2.75, 3.05) is 21.3 Å². The summed E-state index contributed by atoms with van der Waals surface area (Å²) >= 11 is 5.35. The summed E-state index contributed by atoms with van der Waals surface area (Å²) in [7, 11) is 4.87. The van der Waals surface area contributed by atoms with E-state index < -0.39 is 0 Å². The average Bonchev–Trinajstić information content (AvgIpc) is 2.95. The molecule has 154 valence electrons. The van der Waals surface area contributed by atoms with Gasteiger partial charge in [-0.05, 0) is 0 Å². The van der Waals surface area contributed by atoms with E-state index in [0.29, 0.717) is 17.2 Å². The molecule has 0 fully saturated rings. The third-order valence-electron chi connectivity index (χ3n) is 5.10. The van der Waals surface area contributed by atoms with E-state index >= 15 is 0 Å². The fourth-order valence-electron chi connectivity index (χ4n) is 3.86. The quantitative estimate of drug-likeness (QED) is 0.476. The Bertz CT molecular complexity index is 1010. The van der Waals surface area contributed by atoms with Crippen LogP contribution >= 0.6 is 12.2 Å². The van der Waals surface area contributed by atoms with E-state index in [1.807, 2.05) is 6.07 Å². The van der Waals surface area contributed by atoms with Crippen LogP contribution in [0.4, 0.5) is 0 Å². The predicted octanol–water partition coefficient (Wildman–Crippen LogP) is 3.61. The molecule has 1 amide bonds. The Morgan fingerprint density at radius 3 is 2.45 bits per heavy atom. The molecule has 1 aliphatic carbocycles. The fraction of sp³-hybridized carbons (Fsp3) is 0.364. The molecule has 2 aromatic carbocycles. The summed E-state index contributed by atoms with van der Waals surface area (Å²) < 4.78 is 19.1. The number of carbonyl (C=O) groups excluding carboxylic acids is 1. The van der Waals surface area contributed by atoms with Crippen LogP contribution in [0.15, 0.2) is 24.3 Å². The molecule has 2 aromatic rings. The third kappa shape index (κ3) is 4.23. The zero-order chi connectivity index (χ0) is 21.1. The summed E-state index contributed by atoms with van der Waals surface area (Å²) in [6.45, 7) is 1.55. The molecule has 0 aromatic heterocycles. The van der Waals surface area contributed by atoms with Crippen LogP contribution in [0.2, 0.25) is 4.97 Å². The first-order chi connectivity index (χ1) is 13.9. The molecular formula is C22H25NO4STe. The summed E-state index contributed by atoms with van der Waals surface area (Å²) in [6, 6.07) is 8.17. The second-order valence-electron chi connectivity index (χ2n) is 6.75. The van der Waals surface area contributed by atoms with Gasteiger partial charge in [0.15, 0.2) is 0 Å². The van der Waals surface area contributed by atoms with Crippen molar-refractivity contribution in [1.82, 2.24) is 5.32 Å². The van der Waals surface area contributed by atoms with Crippen molar-refractivity contribution in [3.63, 3.8) is 0 Å². The number of hydrogen-bond donors (Lipinski definition) is 1. The first-order valence-electron chi connectivity index (χ1n) is 9.26. The van der Waals surface area contributed by atoms with Crippen LogP contribution < -0.4 is 23.1 Å². The number of benzene rings is 1. The number of aryl methyl sites for hydroxylation is 1. The molecular weight excluding hydrogens is 502 g/mol. The molecule has 0 radical (unpaired) electrons. The van der Waals surface area contributed by atoms with Gasteiger partial charge in [0.05, 0.1) is 0 Å². The Balaban J connectivity index is 2.41. The van der Waals surface area contributed by atoms with Gasteiger partial charge < -0.3 is 0 Å². The summed E-state index contributed by atoms with van der Waals surface area (Å²) in [4.78, 5) is 14.1. The summed E-state index contributed by atoms with van der Waals surface area (Å²) in [6.07, 6.45) is 1.52. The van der Waals surface area contributed by atoms with Crippen LogP contribution in [0.3, 0.4) is 0 Å².